The van der Waals surface area contributed by atoms with Crippen LogP contribution < -0.4 is 0 Å². The van der Waals surface area contributed by atoms with Crippen molar-refractivity contribution in [1.29, 1.82) is 0 Å². The average Bonchev–Trinajstić information content (AvgIpc) is 2.38. The summed E-state index contributed by atoms with van der Waals surface area (Å²) >= 11 is 0. The fourth-order valence-electron chi connectivity index (χ4n) is 2.73. The van der Waals surface area contributed by atoms with Gasteiger partial charge in [-0.15, -0.1) is 0 Å². The molecule has 3 nitrogen and oxygen atoms in total. The zero-order valence-electron chi connectivity index (χ0n) is 12.7. The van der Waals surface area contributed by atoms with E-state index in [1.807, 2.05) is 35.2 Å². The second-order valence-corrected chi connectivity index (χ2v) is 7.02. The predicted octanol–water partition coefficient (Wildman–Crippen LogP) is 2.93. The Bertz CT molecular complexity index is 454. The van der Waals surface area contributed by atoms with E-state index in [2.05, 4.69) is 20.8 Å². The lowest BCUT2D eigenvalue weighted by Crippen LogP contribution is -2.45. The number of piperidine rings is 1. The molecule has 2 rings (SSSR count). The molecule has 1 N–H and O–H groups in total. The zero-order chi connectivity index (χ0) is 14.8. The molecule has 1 saturated heterocycles. The fraction of sp³-hybridized carbons (Fsp3) is 0.588. The van der Waals surface area contributed by atoms with Gasteiger partial charge < -0.3 is 10.0 Å². The Morgan fingerprint density at radius 1 is 1.20 bits per heavy atom. The van der Waals surface area contributed by atoms with Crippen molar-refractivity contribution in [3.63, 3.8) is 0 Å². The number of aliphatic hydroxyl groups is 1. The first kappa shape index (κ1) is 15.0. The highest BCUT2D eigenvalue weighted by molar-refractivity contribution is 5.77. The van der Waals surface area contributed by atoms with Gasteiger partial charge in [0.2, 0.25) is 5.91 Å². The van der Waals surface area contributed by atoms with E-state index in [9.17, 15) is 9.90 Å². The molecule has 0 atom stereocenters. The van der Waals surface area contributed by atoms with Gasteiger partial charge in [-0.25, -0.2) is 0 Å². The molecule has 3 heteroatoms. The van der Waals surface area contributed by atoms with Gasteiger partial charge in [-0.05, 0) is 23.8 Å². The second kappa shape index (κ2) is 5.57. The summed E-state index contributed by atoms with van der Waals surface area (Å²) < 4.78 is 0. The third-order valence-corrected chi connectivity index (χ3v) is 3.94. The fourth-order valence-corrected chi connectivity index (χ4v) is 2.73. The molecule has 0 radical (unpaired) electrons. The van der Waals surface area contributed by atoms with Crippen molar-refractivity contribution in [1.82, 2.24) is 4.90 Å². The summed E-state index contributed by atoms with van der Waals surface area (Å²) in [6.45, 7) is 7.51. The van der Waals surface area contributed by atoms with Crippen molar-refractivity contribution >= 4 is 5.91 Å². The van der Waals surface area contributed by atoms with Crippen LogP contribution in [0.5, 0.6) is 0 Å². The van der Waals surface area contributed by atoms with Crippen LogP contribution >= 0.6 is 0 Å². The minimum absolute atomic E-state index is 0.0181. The first-order valence-corrected chi connectivity index (χ1v) is 7.36. The summed E-state index contributed by atoms with van der Waals surface area (Å²) in [5.41, 5.74) is 0.201. The van der Waals surface area contributed by atoms with E-state index in [4.69, 9.17) is 0 Å². The molecule has 0 spiro atoms. The molecular weight excluding hydrogens is 250 g/mol. The van der Waals surface area contributed by atoms with Crippen LogP contribution in [0.15, 0.2) is 30.3 Å². The summed E-state index contributed by atoms with van der Waals surface area (Å²) in [5, 5.41) is 10.7. The number of carbonyl (C=O) groups is 1. The van der Waals surface area contributed by atoms with Crippen molar-refractivity contribution < 1.29 is 9.90 Å². The Kier molecular flexibility index (Phi) is 4.19. The molecule has 1 fully saturated rings. The lowest BCUT2D eigenvalue weighted by Gasteiger charge is -2.39. The van der Waals surface area contributed by atoms with Gasteiger partial charge in [0.05, 0.1) is 5.60 Å². The van der Waals surface area contributed by atoms with Gasteiger partial charge in [0, 0.05) is 19.5 Å². The van der Waals surface area contributed by atoms with Gasteiger partial charge in [0.1, 0.15) is 0 Å². The molecule has 1 aromatic rings. The van der Waals surface area contributed by atoms with Crippen LogP contribution in [0.25, 0.3) is 0 Å². The highest BCUT2D eigenvalue weighted by Gasteiger charge is 2.35. The Morgan fingerprint density at radius 3 is 2.25 bits per heavy atom. The smallest absolute Gasteiger partial charge is 0.223 e. The average molecular weight is 275 g/mol. The van der Waals surface area contributed by atoms with Gasteiger partial charge >= 0.3 is 0 Å². The Balaban J connectivity index is 1.97. The van der Waals surface area contributed by atoms with Crippen LogP contribution in [0, 0.1) is 5.41 Å². The molecular formula is C17H25NO2. The predicted molar refractivity (Wildman–Crippen MR) is 80.2 cm³/mol. The molecule has 1 heterocycles. The Hall–Kier alpha value is -1.35. The number of carbonyl (C=O) groups excluding carboxylic acids is 1. The molecule has 110 valence electrons. The lowest BCUT2D eigenvalue weighted by atomic mass is 9.84. The third kappa shape index (κ3) is 3.60. The van der Waals surface area contributed by atoms with E-state index in [1.165, 1.54) is 0 Å². The zero-order valence-corrected chi connectivity index (χ0v) is 12.7. The molecule has 0 bridgehead atoms. The molecule has 0 aromatic heterocycles. The first-order valence-electron chi connectivity index (χ1n) is 7.36. The summed E-state index contributed by atoms with van der Waals surface area (Å²) in [5.74, 6) is 0.201. The number of likely N-dealkylation sites (tertiary alicyclic amines) is 1. The SMILES string of the molecule is CC(C)(C)CC(=O)N1CCC(O)(c2ccccc2)CC1. The van der Waals surface area contributed by atoms with E-state index in [-0.39, 0.29) is 11.3 Å². The van der Waals surface area contributed by atoms with E-state index in [0.29, 0.717) is 32.4 Å². The Morgan fingerprint density at radius 2 is 1.75 bits per heavy atom. The summed E-state index contributed by atoms with van der Waals surface area (Å²) in [6.07, 6.45) is 1.80. The van der Waals surface area contributed by atoms with Gasteiger partial charge in [-0.1, -0.05) is 51.1 Å². The van der Waals surface area contributed by atoms with Gasteiger partial charge in [-0.2, -0.15) is 0 Å². The van der Waals surface area contributed by atoms with Crippen molar-refractivity contribution in [2.45, 2.75) is 45.6 Å². The normalized spacial score (nSPS) is 18.9. The van der Waals surface area contributed by atoms with Gasteiger partial charge in [-0.3, -0.25) is 4.79 Å². The maximum Gasteiger partial charge on any atom is 0.223 e. The maximum atomic E-state index is 12.2. The first-order chi connectivity index (χ1) is 9.30. The van der Waals surface area contributed by atoms with Crippen molar-refractivity contribution in [2.75, 3.05) is 13.1 Å². The number of nitrogens with zero attached hydrogens (tertiary/aromatic N) is 1. The minimum atomic E-state index is -0.778. The standard InChI is InChI=1S/C17H25NO2/c1-16(2,3)13-15(19)18-11-9-17(20,10-12-18)14-7-5-4-6-8-14/h4-8,20H,9-13H2,1-3H3. The topological polar surface area (TPSA) is 40.5 Å². The summed E-state index contributed by atoms with van der Waals surface area (Å²) in [4.78, 5) is 14.1. The molecule has 1 amide bonds. The minimum Gasteiger partial charge on any atom is -0.385 e. The monoisotopic (exact) mass is 275 g/mol. The number of hydrogen-bond donors (Lipinski definition) is 1. The maximum absolute atomic E-state index is 12.2. The van der Waals surface area contributed by atoms with E-state index in [0.717, 1.165) is 5.56 Å². The second-order valence-electron chi connectivity index (χ2n) is 7.02. The van der Waals surface area contributed by atoms with Gasteiger partial charge in [0.25, 0.3) is 0 Å². The number of benzene rings is 1. The number of amides is 1. The Labute approximate surface area is 121 Å². The van der Waals surface area contributed by atoms with Crippen LogP contribution in [0.2, 0.25) is 0 Å². The van der Waals surface area contributed by atoms with E-state index in [1.54, 1.807) is 0 Å². The summed E-state index contributed by atoms with van der Waals surface area (Å²) in [7, 11) is 0. The molecule has 20 heavy (non-hydrogen) atoms. The molecule has 1 aliphatic heterocycles. The van der Waals surface area contributed by atoms with Crippen LogP contribution in [0.3, 0.4) is 0 Å². The molecule has 0 aliphatic carbocycles. The quantitative estimate of drug-likeness (QED) is 0.901. The van der Waals surface area contributed by atoms with Crippen LogP contribution in [0.1, 0.15) is 45.6 Å². The molecule has 0 unspecified atom stereocenters. The van der Waals surface area contributed by atoms with Crippen LogP contribution in [-0.4, -0.2) is 29.0 Å². The van der Waals surface area contributed by atoms with Crippen molar-refractivity contribution in [3.8, 4) is 0 Å². The van der Waals surface area contributed by atoms with Crippen molar-refractivity contribution in [3.05, 3.63) is 35.9 Å². The van der Waals surface area contributed by atoms with E-state index >= 15 is 0 Å². The van der Waals surface area contributed by atoms with Gasteiger partial charge in [0.15, 0.2) is 0 Å². The van der Waals surface area contributed by atoms with E-state index < -0.39 is 5.60 Å². The third-order valence-electron chi connectivity index (χ3n) is 3.94. The van der Waals surface area contributed by atoms with Crippen molar-refractivity contribution in [2.24, 2.45) is 5.41 Å². The highest BCUT2D eigenvalue weighted by Crippen LogP contribution is 2.33. The lowest BCUT2D eigenvalue weighted by molar-refractivity contribution is -0.137. The summed E-state index contributed by atoms with van der Waals surface area (Å²) in [6, 6.07) is 9.78. The largest absolute Gasteiger partial charge is 0.385 e. The molecule has 1 aromatic carbocycles. The van der Waals surface area contributed by atoms with Crippen LogP contribution in [0.4, 0.5) is 0 Å². The number of hydrogen-bond acceptors (Lipinski definition) is 2. The molecule has 0 saturated carbocycles. The molecule has 1 aliphatic rings. The van der Waals surface area contributed by atoms with Crippen LogP contribution in [-0.2, 0) is 10.4 Å². The highest BCUT2D eigenvalue weighted by atomic mass is 16.3. The number of rotatable bonds is 2.